The van der Waals surface area contributed by atoms with Crippen LogP contribution in [0.25, 0.3) is 0 Å². The van der Waals surface area contributed by atoms with E-state index in [9.17, 15) is 13.2 Å². The van der Waals surface area contributed by atoms with Gasteiger partial charge in [0.25, 0.3) is 0 Å². The lowest BCUT2D eigenvalue weighted by Crippen LogP contribution is -2.30. The average Bonchev–Trinajstić information content (AvgIpc) is 3.18. The first-order valence-electron chi connectivity index (χ1n) is 8.42. The number of carbonyl (C=O) groups excluding carboxylic acids is 1. The van der Waals surface area contributed by atoms with E-state index in [1.165, 1.54) is 23.5 Å². The summed E-state index contributed by atoms with van der Waals surface area (Å²) in [5.74, 6) is 0.0954. The van der Waals surface area contributed by atoms with Crippen molar-refractivity contribution in [2.75, 3.05) is 20.8 Å². The Balaban J connectivity index is 1.99. The van der Waals surface area contributed by atoms with Gasteiger partial charge in [0.15, 0.2) is 0 Å². The summed E-state index contributed by atoms with van der Waals surface area (Å²) in [4.78, 5) is 12.0. The topological polar surface area (TPSA) is 72.9 Å². The second kappa shape index (κ2) is 8.00. The molecule has 6 nitrogen and oxygen atoms in total. The Labute approximate surface area is 167 Å². The van der Waals surface area contributed by atoms with Crippen molar-refractivity contribution in [3.63, 3.8) is 0 Å². The predicted molar refractivity (Wildman–Crippen MR) is 104 cm³/mol. The Bertz CT molecular complexity index is 960. The highest BCUT2D eigenvalue weighted by atomic mass is 79.9. The monoisotopic (exact) mass is 453 g/mol. The maximum atomic E-state index is 13.3. The van der Waals surface area contributed by atoms with E-state index in [2.05, 4.69) is 15.9 Å². The van der Waals surface area contributed by atoms with Gasteiger partial charge >= 0.3 is 5.97 Å². The van der Waals surface area contributed by atoms with Crippen molar-refractivity contribution in [2.24, 2.45) is 0 Å². The average molecular weight is 454 g/mol. The minimum atomic E-state index is -3.77. The van der Waals surface area contributed by atoms with E-state index < -0.39 is 16.0 Å². The van der Waals surface area contributed by atoms with E-state index >= 15 is 0 Å². The zero-order valence-electron chi connectivity index (χ0n) is 15.0. The molecule has 1 aliphatic heterocycles. The second-order valence-electron chi connectivity index (χ2n) is 6.18. The number of sulfonamides is 1. The summed E-state index contributed by atoms with van der Waals surface area (Å²) < 4.78 is 38.5. The smallest absolute Gasteiger partial charge is 0.339 e. The minimum Gasteiger partial charge on any atom is -0.497 e. The van der Waals surface area contributed by atoms with Gasteiger partial charge < -0.3 is 9.47 Å². The maximum absolute atomic E-state index is 13.3. The number of nitrogens with zero attached hydrogens (tertiary/aromatic N) is 1. The Morgan fingerprint density at radius 1 is 1.19 bits per heavy atom. The van der Waals surface area contributed by atoms with Gasteiger partial charge in [0.1, 0.15) is 5.75 Å². The van der Waals surface area contributed by atoms with E-state index in [4.69, 9.17) is 9.47 Å². The van der Waals surface area contributed by atoms with Crippen LogP contribution >= 0.6 is 15.9 Å². The highest BCUT2D eigenvalue weighted by Crippen LogP contribution is 2.38. The summed E-state index contributed by atoms with van der Waals surface area (Å²) in [5, 5.41) is 0. The molecule has 27 heavy (non-hydrogen) atoms. The number of ether oxygens (including phenoxy) is 2. The van der Waals surface area contributed by atoms with Crippen molar-refractivity contribution in [2.45, 2.75) is 23.8 Å². The van der Waals surface area contributed by atoms with Crippen LogP contribution in [0.5, 0.6) is 5.75 Å². The van der Waals surface area contributed by atoms with Crippen molar-refractivity contribution in [3.05, 3.63) is 58.1 Å². The minimum absolute atomic E-state index is 0.0703. The molecule has 3 rings (SSSR count). The molecule has 1 fully saturated rings. The lowest BCUT2D eigenvalue weighted by atomic mass is 10.1. The largest absolute Gasteiger partial charge is 0.497 e. The van der Waals surface area contributed by atoms with Crippen LogP contribution < -0.4 is 4.74 Å². The molecule has 1 heterocycles. The molecule has 0 amide bonds. The summed E-state index contributed by atoms with van der Waals surface area (Å²) in [6, 6.07) is 11.6. The van der Waals surface area contributed by atoms with Crippen molar-refractivity contribution in [1.82, 2.24) is 4.31 Å². The van der Waals surface area contributed by atoms with Gasteiger partial charge in [-0.25, -0.2) is 13.2 Å². The fraction of sp³-hybridized carbons (Fsp3) is 0.316. The van der Waals surface area contributed by atoms with Gasteiger partial charge in [-0.15, -0.1) is 0 Å². The van der Waals surface area contributed by atoms with Crippen molar-refractivity contribution >= 4 is 31.9 Å². The van der Waals surface area contributed by atoms with Crippen LogP contribution in [0.1, 0.15) is 34.8 Å². The second-order valence-corrected chi connectivity index (χ2v) is 8.93. The van der Waals surface area contributed by atoms with Crippen molar-refractivity contribution in [3.8, 4) is 5.75 Å². The highest BCUT2D eigenvalue weighted by molar-refractivity contribution is 9.10. The van der Waals surface area contributed by atoms with Gasteiger partial charge in [-0.05, 0) is 64.7 Å². The molecule has 0 bridgehead atoms. The Morgan fingerprint density at radius 2 is 1.96 bits per heavy atom. The molecule has 0 saturated carbocycles. The third-order valence-electron chi connectivity index (χ3n) is 4.63. The molecule has 1 unspecified atom stereocenters. The maximum Gasteiger partial charge on any atom is 0.339 e. The van der Waals surface area contributed by atoms with E-state index in [1.807, 2.05) is 24.3 Å². The van der Waals surface area contributed by atoms with Crippen LogP contribution in [0, 0.1) is 0 Å². The molecule has 0 radical (unpaired) electrons. The van der Waals surface area contributed by atoms with Crippen LogP contribution in [-0.2, 0) is 14.8 Å². The first kappa shape index (κ1) is 19.9. The van der Waals surface area contributed by atoms with Crippen LogP contribution in [0.2, 0.25) is 0 Å². The van der Waals surface area contributed by atoms with Crippen LogP contribution in [0.3, 0.4) is 0 Å². The van der Waals surface area contributed by atoms with E-state index in [0.29, 0.717) is 16.8 Å². The Kier molecular flexibility index (Phi) is 5.88. The molecule has 0 N–H and O–H groups in total. The number of rotatable bonds is 5. The summed E-state index contributed by atoms with van der Waals surface area (Å²) in [6.45, 7) is 0.424. The summed E-state index contributed by atoms with van der Waals surface area (Å²) in [5.41, 5.74) is 1.07. The van der Waals surface area contributed by atoms with Gasteiger partial charge in [0, 0.05) is 11.0 Å². The molecule has 1 aliphatic rings. The normalized spacial score (nSPS) is 17.7. The molecule has 0 aromatic heterocycles. The Morgan fingerprint density at radius 3 is 2.67 bits per heavy atom. The third-order valence-corrected chi connectivity index (χ3v) is 7.23. The fourth-order valence-electron chi connectivity index (χ4n) is 3.28. The number of esters is 1. The van der Waals surface area contributed by atoms with Gasteiger partial charge in [0.2, 0.25) is 10.0 Å². The quantitative estimate of drug-likeness (QED) is 0.644. The molecule has 8 heteroatoms. The van der Waals surface area contributed by atoms with E-state index in [0.717, 1.165) is 18.4 Å². The van der Waals surface area contributed by atoms with Gasteiger partial charge in [0.05, 0.1) is 30.7 Å². The third kappa shape index (κ3) is 3.88. The number of hydrogen-bond donors (Lipinski definition) is 0. The zero-order chi connectivity index (χ0) is 19.6. The molecule has 144 valence electrons. The molecular formula is C19H20BrNO5S. The Hall–Kier alpha value is -1.90. The lowest BCUT2D eigenvalue weighted by Gasteiger charge is -2.25. The number of hydrogen-bond acceptors (Lipinski definition) is 5. The van der Waals surface area contributed by atoms with Crippen molar-refractivity contribution in [1.29, 1.82) is 0 Å². The summed E-state index contributed by atoms with van der Waals surface area (Å²) >= 11 is 3.26. The van der Waals surface area contributed by atoms with Gasteiger partial charge in [-0.2, -0.15) is 4.31 Å². The van der Waals surface area contributed by atoms with Crippen LogP contribution in [-0.4, -0.2) is 39.5 Å². The molecule has 2 aromatic rings. The fourth-order valence-corrected chi connectivity index (χ4v) is 5.39. The standard InChI is InChI=1S/C19H20BrNO5S/c1-25-14-6-3-5-13(11-14)18-7-4-10-21(18)27(23,24)15-8-9-17(20)16(12-15)19(22)26-2/h3,5-6,8-9,11-12,18H,4,7,10H2,1-2H3. The molecule has 1 atom stereocenters. The molecule has 0 aliphatic carbocycles. The number of carbonyl (C=O) groups is 1. The van der Waals surface area contributed by atoms with E-state index in [-0.39, 0.29) is 16.5 Å². The summed E-state index contributed by atoms with van der Waals surface area (Å²) in [6.07, 6.45) is 1.49. The number of halogens is 1. The SMILES string of the molecule is COC(=O)c1cc(S(=O)(=O)N2CCCC2c2cccc(OC)c2)ccc1Br. The van der Waals surface area contributed by atoms with Crippen LogP contribution in [0.4, 0.5) is 0 Å². The number of methoxy groups -OCH3 is 2. The van der Waals surface area contributed by atoms with Gasteiger partial charge in [-0.3, -0.25) is 0 Å². The molecule has 2 aromatic carbocycles. The van der Waals surface area contributed by atoms with Gasteiger partial charge in [-0.1, -0.05) is 12.1 Å². The van der Waals surface area contributed by atoms with E-state index in [1.54, 1.807) is 13.2 Å². The molecule has 0 spiro atoms. The first-order valence-corrected chi connectivity index (χ1v) is 10.7. The lowest BCUT2D eigenvalue weighted by molar-refractivity contribution is 0.0599. The number of benzene rings is 2. The molecular weight excluding hydrogens is 434 g/mol. The first-order chi connectivity index (χ1) is 12.9. The van der Waals surface area contributed by atoms with Crippen LogP contribution in [0.15, 0.2) is 51.8 Å². The summed E-state index contributed by atoms with van der Waals surface area (Å²) in [7, 11) is -0.932. The highest BCUT2D eigenvalue weighted by Gasteiger charge is 2.36. The predicted octanol–water partition coefficient (Wildman–Crippen LogP) is 3.77. The van der Waals surface area contributed by atoms with Crippen molar-refractivity contribution < 1.29 is 22.7 Å². The molecule has 1 saturated heterocycles. The zero-order valence-corrected chi connectivity index (χ0v) is 17.4.